The number of alkyl halides is 3. The van der Waals surface area contributed by atoms with Gasteiger partial charge in [0, 0.05) is 11.8 Å². The van der Waals surface area contributed by atoms with Crippen molar-refractivity contribution >= 4 is 11.6 Å². The first-order chi connectivity index (χ1) is 8.82. The molecule has 3 nitrogen and oxygen atoms in total. The van der Waals surface area contributed by atoms with Crippen LogP contribution in [0.4, 0.5) is 13.2 Å². The highest BCUT2D eigenvalue weighted by Crippen LogP contribution is 2.33. The lowest BCUT2D eigenvalue weighted by molar-refractivity contribution is -0.140. The van der Waals surface area contributed by atoms with Crippen molar-refractivity contribution in [1.29, 1.82) is 0 Å². The monoisotopic (exact) mass is 290 g/mol. The van der Waals surface area contributed by atoms with E-state index in [0.717, 1.165) is 16.3 Å². The second kappa shape index (κ2) is 4.86. The number of hydrogen-bond acceptors (Lipinski definition) is 2. The summed E-state index contributed by atoms with van der Waals surface area (Å²) < 4.78 is 38.8. The van der Waals surface area contributed by atoms with E-state index in [-0.39, 0.29) is 10.8 Å². The molecule has 0 bridgehead atoms. The molecule has 0 saturated carbocycles. The molecule has 0 unspecified atom stereocenters. The molecule has 0 aliphatic carbocycles. The molecule has 2 aromatic rings. The Morgan fingerprint density at radius 3 is 2.58 bits per heavy atom. The SMILES string of the molecule is Cc1ccc(-c2nc(C(F)(F)F)cn2CO)c(Cl)c1. The zero-order valence-corrected chi connectivity index (χ0v) is 10.6. The van der Waals surface area contributed by atoms with Crippen LogP contribution in [-0.4, -0.2) is 14.7 Å². The maximum Gasteiger partial charge on any atom is 0.434 e. The van der Waals surface area contributed by atoms with E-state index in [0.29, 0.717) is 5.56 Å². The van der Waals surface area contributed by atoms with Crippen LogP contribution < -0.4 is 0 Å². The fourth-order valence-corrected chi connectivity index (χ4v) is 2.00. The number of benzene rings is 1. The largest absolute Gasteiger partial charge is 0.434 e. The molecule has 0 fully saturated rings. The van der Waals surface area contributed by atoms with Crippen LogP contribution in [-0.2, 0) is 12.9 Å². The Morgan fingerprint density at radius 2 is 2.05 bits per heavy atom. The van der Waals surface area contributed by atoms with E-state index in [1.165, 1.54) is 0 Å². The Morgan fingerprint density at radius 1 is 1.37 bits per heavy atom. The summed E-state index contributed by atoms with van der Waals surface area (Å²) in [5.41, 5.74) is 0.164. The van der Waals surface area contributed by atoms with Gasteiger partial charge in [-0.25, -0.2) is 4.98 Å². The number of aromatic nitrogens is 2. The van der Waals surface area contributed by atoms with Crippen molar-refractivity contribution in [3.63, 3.8) is 0 Å². The van der Waals surface area contributed by atoms with Crippen molar-refractivity contribution in [1.82, 2.24) is 9.55 Å². The number of imidazole rings is 1. The summed E-state index contributed by atoms with van der Waals surface area (Å²) in [6, 6.07) is 4.91. The number of halogens is 4. The van der Waals surface area contributed by atoms with Gasteiger partial charge in [0.15, 0.2) is 5.69 Å². The van der Waals surface area contributed by atoms with Crippen LogP contribution in [0.2, 0.25) is 5.02 Å². The third-order valence-electron chi connectivity index (χ3n) is 2.58. The molecule has 1 aromatic heterocycles. The molecular weight excluding hydrogens is 281 g/mol. The normalized spacial score (nSPS) is 11.9. The molecule has 1 N–H and O–H groups in total. The van der Waals surface area contributed by atoms with Gasteiger partial charge < -0.3 is 9.67 Å². The number of nitrogens with zero attached hydrogens (tertiary/aromatic N) is 2. The molecule has 0 amide bonds. The van der Waals surface area contributed by atoms with E-state index < -0.39 is 18.6 Å². The first kappa shape index (κ1) is 13.9. The van der Waals surface area contributed by atoms with Gasteiger partial charge in [0.2, 0.25) is 0 Å². The molecule has 0 radical (unpaired) electrons. The summed E-state index contributed by atoms with van der Waals surface area (Å²) in [4.78, 5) is 3.51. The molecule has 0 aliphatic heterocycles. The minimum absolute atomic E-state index is 0.0141. The Balaban J connectivity index is 2.58. The van der Waals surface area contributed by atoms with E-state index in [4.69, 9.17) is 16.7 Å². The Labute approximate surface area is 112 Å². The maximum absolute atomic E-state index is 12.6. The first-order valence-electron chi connectivity index (χ1n) is 5.34. The predicted molar refractivity (Wildman–Crippen MR) is 64.6 cm³/mol. The average Bonchev–Trinajstić information content (AvgIpc) is 2.72. The Bertz CT molecular complexity index is 608. The van der Waals surface area contributed by atoms with Gasteiger partial charge in [-0.3, -0.25) is 0 Å². The van der Waals surface area contributed by atoms with Crippen molar-refractivity contribution in [2.45, 2.75) is 19.8 Å². The third-order valence-corrected chi connectivity index (χ3v) is 2.90. The average molecular weight is 291 g/mol. The summed E-state index contributed by atoms with van der Waals surface area (Å²) >= 11 is 6.00. The van der Waals surface area contributed by atoms with Gasteiger partial charge in [-0.2, -0.15) is 13.2 Å². The second-order valence-corrected chi connectivity index (χ2v) is 4.45. The standard InChI is InChI=1S/C12H10ClF3N2O/c1-7-2-3-8(9(13)4-7)11-17-10(12(14,15)16)5-18(11)6-19/h2-5,19H,6H2,1H3. The van der Waals surface area contributed by atoms with E-state index in [2.05, 4.69) is 4.98 Å². The number of aliphatic hydroxyl groups is 1. The van der Waals surface area contributed by atoms with Crippen LogP contribution in [0.25, 0.3) is 11.4 Å². The van der Waals surface area contributed by atoms with Gasteiger partial charge in [0.1, 0.15) is 12.6 Å². The molecular formula is C12H10ClF3N2O. The van der Waals surface area contributed by atoms with Gasteiger partial charge in [0.05, 0.1) is 5.02 Å². The van der Waals surface area contributed by atoms with E-state index in [1.54, 1.807) is 18.2 Å². The minimum Gasteiger partial charge on any atom is -0.376 e. The lowest BCUT2D eigenvalue weighted by atomic mass is 10.1. The van der Waals surface area contributed by atoms with E-state index in [9.17, 15) is 13.2 Å². The van der Waals surface area contributed by atoms with Crippen LogP contribution in [0.5, 0.6) is 0 Å². The number of aliphatic hydroxyl groups excluding tert-OH is 1. The number of aryl methyl sites for hydroxylation is 1. The van der Waals surface area contributed by atoms with Crippen molar-refractivity contribution < 1.29 is 18.3 Å². The molecule has 2 rings (SSSR count). The lowest BCUT2D eigenvalue weighted by Gasteiger charge is -2.06. The van der Waals surface area contributed by atoms with Crippen molar-refractivity contribution in [3.8, 4) is 11.4 Å². The summed E-state index contributed by atoms with van der Waals surface area (Å²) in [6.07, 6.45) is -3.81. The van der Waals surface area contributed by atoms with Gasteiger partial charge in [-0.15, -0.1) is 0 Å². The lowest BCUT2D eigenvalue weighted by Crippen LogP contribution is -2.05. The zero-order valence-electron chi connectivity index (χ0n) is 9.87. The highest BCUT2D eigenvalue weighted by Gasteiger charge is 2.35. The molecule has 0 saturated heterocycles. The highest BCUT2D eigenvalue weighted by molar-refractivity contribution is 6.33. The Kier molecular flexibility index (Phi) is 3.56. The summed E-state index contributed by atoms with van der Waals surface area (Å²) in [7, 11) is 0. The molecule has 0 atom stereocenters. The highest BCUT2D eigenvalue weighted by atomic mass is 35.5. The van der Waals surface area contributed by atoms with Crippen molar-refractivity contribution in [2.75, 3.05) is 0 Å². The van der Waals surface area contributed by atoms with Crippen LogP contribution in [0.1, 0.15) is 11.3 Å². The summed E-state index contributed by atoms with van der Waals surface area (Å²) in [6.45, 7) is 1.21. The number of rotatable bonds is 2. The quantitative estimate of drug-likeness (QED) is 0.919. The van der Waals surface area contributed by atoms with Crippen LogP contribution in [0, 0.1) is 6.92 Å². The van der Waals surface area contributed by atoms with Crippen molar-refractivity contribution in [3.05, 3.63) is 40.7 Å². The van der Waals surface area contributed by atoms with Crippen molar-refractivity contribution in [2.24, 2.45) is 0 Å². The molecule has 1 heterocycles. The predicted octanol–water partition coefficient (Wildman–Crippen LogP) is 3.48. The first-order valence-corrected chi connectivity index (χ1v) is 5.72. The summed E-state index contributed by atoms with van der Waals surface area (Å²) in [5.74, 6) is -0.0141. The fraction of sp³-hybridized carbons (Fsp3) is 0.250. The smallest absolute Gasteiger partial charge is 0.376 e. The molecule has 102 valence electrons. The van der Waals surface area contributed by atoms with Crippen LogP contribution in [0.3, 0.4) is 0 Å². The molecule has 19 heavy (non-hydrogen) atoms. The van der Waals surface area contributed by atoms with E-state index in [1.807, 2.05) is 6.92 Å². The number of hydrogen-bond donors (Lipinski definition) is 1. The molecule has 1 aromatic carbocycles. The fourth-order valence-electron chi connectivity index (χ4n) is 1.68. The van der Waals surface area contributed by atoms with Gasteiger partial charge >= 0.3 is 6.18 Å². The Hall–Kier alpha value is -1.53. The summed E-state index contributed by atoms with van der Waals surface area (Å²) in [5, 5.41) is 9.40. The third kappa shape index (κ3) is 2.74. The maximum atomic E-state index is 12.6. The zero-order chi connectivity index (χ0) is 14.2. The van der Waals surface area contributed by atoms with Crippen LogP contribution in [0.15, 0.2) is 24.4 Å². The molecule has 7 heteroatoms. The van der Waals surface area contributed by atoms with Gasteiger partial charge in [-0.1, -0.05) is 17.7 Å². The van der Waals surface area contributed by atoms with Gasteiger partial charge in [0.25, 0.3) is 0 Å². The molecule has 0 spiro atoms. The second-order valence-electron chi connectivity index (χ2n) is 4.04. The topological polar surface area (TPSA) is 38.0 Å². The molecule has 0 aliphatic rings. The van der Waals surface area contributed by atoms with Gasteiger partial charge in [-0.05, 0) is 24.6 Å². The van der Waals surface area contributed by atoms with E-state index >= 15 is 0 Å². The minimum atomic E-state index is -4.56. The van der Waals surface area contributed by atoms with Crippen LogP contribution >= 0.6 is 11.6 Å².